The fourth-order valence-corrected chi connectivity index (χ4v) is 3.33. The molecule has 0 aliphatic rings. The molecule has 0 rings (SSSR count). The zero-order valence-corrected chi connectivity index (χ0v) is 14.4. The van der Waals surface area contributed by atoms with Crippen molar-refractivity contribution in [3.05, 3.63) is 5.53 Å². The van der Waals surface area contributed by atoms with Crippen molar-refractivity contribution in [2.45, 2.75) is 30.6 Å². The molecule has 0 aliphatic heterocycles. The number of nitrogens with one attached hydrogen (secondary N) is 1. The number of rotatable bonds is 11. The maximum atomic E-state index is 12.1. The van der Waals surface area contributed by atoms with Crippen molar-refractivity contribution < 1.29 is 32.7 Å². The zero-order valence-electron chi connectivity index (χ0n) is 12.8. The van der Waals surface area contributed by atoms with Gasteiger partial charge in [-0.25, -0.2) is 13.2 Å². The molecule has 0 saturated carbocycles. The fraction of sp³-hybridized carbons (Fsp3) is 0.667. The summed E-state index contributed by atoms with van der Waals surface area (Å²) in [6, 6.07) is -1.41. The number of aliphatic carboxylic acids is 1. The summed E-state index contributed by atoms with van der Waals surface area (Å²) < 4.78 is 23.3. The Morgan fingerprint density at radius 1 is 1.35 bits per heavy atom. The van der Waals surface area contributed by atoms with Crippen molar-refractivity contribution in [2.24, 2.45) is 0 Å². The Hall–Kier alpha value is -1.71. The third-order valence-corrected chi connectivity index (χ3v) is 5.02. The van der Waals surface area contributed by atoms with Gasteiger partial charge in [0.15, 0.2) is 9.84 Å². The predicted molar refractivity (Wildman–Crippen MR) is 85.1 cm³/mol. The van der Waals surface area contributed by atoms with E-state index in [2.05, 4.69) is 10.1 Å². The van der Waals surface area contributed by atoms with Crippen LogP contribution in [0.1, 0.15) is 19.3 Å². The first-order chi connectivity index (χ1) is 10.6. The number of nitrogens with zero attached hydrogens (tertiary/aromatic N) is 2. The number of sulfone groups is 1. The van der Waals surface area contributed by atoms with Crippen molar-refractivity contribution in [1.29, 1.82) is 0 Å². The normalized spacial score (nSPS) is 13.5. The highest BCUT2D eigenvalue weighted by molar-refractivity contribution is 7.98. The van der Waals surface area contributed by atoms with Crippen LogP contribution in [-0.2, 0) is 24.2 Å². The molecule has 1 amide bonds. The average molecular weight is 365 g/mol. The minimum Gasteiger partial charge on any atom is -0.480 e. The molecular formula is C12H19N3O6S2. The van der Waals surface area contributed by atoms with E-state index in [-0.39, 0.29) is 19.3 Å². The van der Waals surface area contributed by atoms with Crippen molar-refractivity contribution >= 4 is 45.5 Å². The molecular weight excluding hydrogens is 346 g/mol. The van der Waals surface area contributed by atoms with E-state index in [1.165, 1.54) is 11.8 Å². The Morgan fingerprint density at radius 3 is 2.39 bits per heavy atom. The number of carboxylic acid groups (broad SMARTS) is 1. The van der Waals surface area contributed by atoms with Gasteiger partial charge in [-0.3, -0.25) is 9.59 Å². The van der Waals surface area contributed by atoms with Gasteiger partial charge in [-0.2, -0.15) is 16.6 Å². The lowest BCUT2D eigenvalue weighted by molar-refractivity contribution is -0.142. The number of ketones is 1. The topological polar surface area (TPSA) is 154 Å². The first-order valence-corrected chi connectivity index (χ1v) is 9.89. The zero-order chi connectivity index (χ0) is 18.0. The summed E-state index contributed by atoms with van der Waals surface area (Å²) in [5, 5.41) is 9.87. The monoisotopic (exact) mass is 365 g/mol. The Kier molecular flexibility index (Phi) is 9.38. The number of carboxylic acids is 1. The van der Waals surface area contributed by atoms with E-state index in [1.54, 1.807) is 6.26 Å². The van der Waals surface area contributed by atoms with Gasteiger partial charge in [0, 0.05) is 12.7 Å². The molecule has 23 heavy (non-hydrogen) atoms. The van der Waals surface area contributed by atoms with E-state index >= 15 is 0 Å². The van der Waals surface area contributed by atoms with E-state index in [0.29, 0.717) is 12.0 Å². The maximum absolute atomic E-state index is 12.1. The van der Waals surface area contributed by atoms with Gasteiger partial charge in [0.2, 0.25) is 11.7 Å². The number of carbonyl (C=O) groups is 3. The lowest BCUT2D eigenvalue weighted by Gasteiger charge is -2.18. The standard InChI is InChI=1S/C12H19N3O6S2/c1-22-6-5-10(23(2,20)21)11(17)15-9(12(18)19)4-3-8(16)7-14-13/h7,9-10H,3-6H2,1-2H3,(H,15,17)(H,18,19)/t9-,10-/m0/s1. The van der Waals surface area contributed by atoms with Crippen LogP contribution in [0, 0.1) is 0 Å². The largest absolute Gasteiger partial charge is 0.480 e. The molecule has 0 spiro atoms. The lowest BCUT2D eigenvalue weighted by atomic mass is 10.1. The molecule has 9 nitrogen and oxygen atoms in total. The highest BCUT2D eigenvalue weighted by Crippen LogP contribution is 2.10. The van der Waals surface area contributed by atoms with Gasteiger partial charge in [0.1, 0.15) is 11.3 Å². The molecule has 0 aromatic heterocycles. The van der Waals surface area contributed by atoms with Gasteiger partial charge in [-0.15, -0.1) is 0 Å². The smallest absolute Gasteiger partial charge is 0.326 e. The summed E-state index contributed by atoms with van der Waals surface area (Å²) in [6.45, 7) is 0. The second-order valence-electron chi connectivity index (χ2n) is 4.75. The van der Waals surface area contributed by atoms with Gasteiger partial charge in [0.05, 0.1) is 0 Å². The molecule has 0 heterocycles. The second-order valence-corrected chi connectivity index (χ2v) is 7.96. The minimum absolute atomic E-state index is 0.0638. The van der Waals surface area contributed by atoms with Crippen LogP contribution in [0.15, 0.2) is 0 Å². The Balaban J connectivity index is 4.96. The van der Waals surface area contributed by atoms with Crippen molar-refractivity contribution in [3.8, 4) is 0 Å². The summed E-state index contributed by atoms with van der Waals surface area (Å²) in [5.41, 5.74) is 8.20. The Bertz CT molecular complexity index is 598. The number of hydrogen-bond donors (Lipinski definition) is 2. The van der Waals surface area contributed by atoms with Crippen LogP contribution in [0.2, 0.25) is 0 Å². The van der Waals surface area contributed by atoms with Gasteiger partial charge in [0.25, 0.3) is 0 Å². The van der Waals surface area contributed by atoms with E-state index in [9.17, 15) is 22.8 Å². The SMILES string of the molecule is CSCC[C@@H](C(=O)N[C@@H](CCC(=O)C=[N+]=[N-])C(=O)O)S(C)(=O)=O. The molecule has 0 aromatic rings. The lowest BCUT2D eigenvalue weighted by Crippen LogP contribution is -2.48. The second kappa shape index (κ2) is 10.1. The molecule has 11 heteroatoms. The van der Waals surface area contributed by atoms with Crippen LogP contribution >= 0.6 is 11.8 Å². The summed E-state index contributed by atoms with van der Waals surface area (Å²) in [5.74, 6) is -2.48. The summed E-state index contributed by atoms with van der Waals surface area (Å²) in [4.78, 5) is 36.9. The quantitative estimate of drug-likeness (QED) is 0.281. The van der Waals surface area contributed by atoms with Crippen molar-refractivity contribution in [2.75, 3.05) is 18.3 Å². The van der Waals surface area contributed by atoms with Crippen LogP contribution < -0.4 is 5.32 Å². The van der Waals surface area contributed by atoms with Crippen LogP contribution in [-0.4, -0.2) is 71.7 Å². The van der Waals surface area contributed by atoms with Crippen molar-refractivity contribution in [1.82, 2.24) is 5.32 Å². The third kappa shape index (κ3) is 8.48. The molecule has 2 atom stereocenters. The van der Waals surface area contributed by atoms with Gasteiger partial charge < -0.3 is 16.0 Å². The molecule has 130 valence electrons. The molecule has 0 saturated heterocycles. The minimum atomic E-state index is -3.69. The number of hydrogen-bond acceptors (Lipinski definition) is 6. The molecule has 2 N–H and O–H groups in total. The third-order valence-electron chi connectivity index (χ3n) is 2.89. The van der Waals surface area contributed by atoms with E-state index in [1.807, 2.05) is 0 Å². The number of Topliss-reactive ketones (excluding diaryl/α,β-unsaturated/α-hetero) is 1. The summed E-state index contributed by atoms with van der Waals surface area (Å²) in [6.07, 6.45) is 2.84. The highest BCUT2D eigenvalue weighted by Gasteiger charge is 2.31. The van der Waals surface area contributed by atoms with Crippen LogP contribution in [0.25, 0.3) is 5.53 Å². The Labute approximate surface area is 138 Å². The van der Waals surface area contributed by atoms with E-state index in [0.717, 1.165) is 6.26 Å². The van der Waals surface area contributed by atoms with Crippen molar-refractivity contribution in [3.63, 3.8) is 0 Å². The van der Waals surface area contributed by atoms with Crippen LogP contribution in [0.3, 0.4) is 0 Å². The van der Waals surface area contributed by atoms with Gasteiger partial charge >= 0.3 is 12.2 Å². The van der Waals surface area contributed by atoms with Crippen LogP contribution in [0.5, 0.6) is 0 Å². The molecule has 0 bridgehead atoms. The molecule has 0 fully saturated rings. The van der Waals surface area contributed by atoms with E-state index in [4.69, 9.17) is 10.6 Å². The average Bonchev–Trinajstić information content (AvgIpc) is 2.42. The molecule has 0 aromatic carbocycles. The molecule has 0 radical (unpaired) electrons. The Morgan fingerprint density at radius 2 is 1.96 bits per heavy atom. The molecule has 0 aliphatic carbocycles. The number of thioether (sulfide) groups is 1. The van der Waals surface area contributed by atoms with Gasteiger partial charge in [-0.05, 0) is 24.9 Å². The number of amides is 1. The summed E-state index contributed by atoms with van der Waals surface area (Å²) >= 11 is 1.36. The molecule has 0 unspecified atom stereocenters. The number of carbonyl (C=O) groups excluding carboxylic acids is 2. The first kappa shape index (κ1) is 21.3. The maximum Gasteiger partial charge on any atom is 0.326 e. The highest BCUT2D eigenvalue weighted by atomic mass is 32.2. The summed E-state index contributed by atoms with van der Waals surface area (Å²) in [7, 11) is -3.69. The van der Waals surface area contributed by atoms with E-state index < -0.39 is 38.8 Å². The fourth-order valence-electron chi connectivity index (χ4n) is 1.70. The van der Waals surface area contributed by atoms with Crippen LogP contribution in [0.4, 0.5) is 0 Å². The first-order valence-electron chi connectivity index (χ1n) is 6.54. The van der Waals surface area contributed by atoms with Gasteiger partial charge in [-0.1, -0.05) is 0 Å². The predicted octanol–water partition coefficient (Wildman–Crippen LogP) is -0.628.